The first-order chi connectivity index (χ1) is 11.8. The highest BCUT2D eigenvalue weighted by atomic mass is 16.5. The molecule has 0 aliphatic rings. The van der Waals surface area contributed by atoms with E-state index in [1.165, 1.54) is 14.2 Å². The van der Waals surface area contributed by atoms with E-state index in [4.69, 9.17) is 10.2 Å². The van der Waals surface area contributed by atoms with Crippen molar-refractivity contribution in [1.82, 2.24) is 0 Å². The van der Waals surface area contributed by atoms with E-state index in [-0.39, 0.29) is 35.4 Å². The minimum absolute atomic E-state index is 0.0598. The molecule has 0 saturated carbocycles. The zero-order chi connectivity index (χ0) is 19.0. The Morgan fingerprint density at radius 2 is 1.36 bits per heavy atom. The number of esters is 2. The summed E-state index contributed by atoms with van der Waals surface area (Å²) in [5.41, 5.74) is 2.04. The number of carboxylic acid groups (broad SMARTS) is 2. The molecule has 0 radical (unpaired) electrons. The number of ether oxygens (including phenoxy) is 2. The largest absolute Gasteiger partial charge is 0.478 e. The molecule has 0 spiro atoms. The first-order valence-corrected chi connectivity index (χ1v) is 6.83. The Morgan fingerprint density at radius 3 is 1.72 bits per heavy atom. The molecule has 0 aliphatic carbocycles. The van der Waals surface area contributed by atoms with Gasteiger partial charge in [-0.25, -0.2) is 9.59 Å². The second-order valence-electron chi connectivity index (χ2n) is 4.70. The van der Waals surface area contributed by atoms with Crippen LogP contribution in [0.25, 0.3) is 0 Å². The summed E-state index contributed by atoms with van der Waals surface area (Å²) >= 11 is 0. The number of carbonyl (C=O) groups excluding carboxylic acids is 2. The third kappa shape index (κ3) is 6.29. The third-order valence-corrected chi connectivity index (χ3v) is 2.92. The van der Waals surface area contributed by atoms with Crippen molar-refractivity contribution in [2.24, 2.45) is 5.10 Å². The maximum Gasteiger partial charge on any atom is 0.335 e. The van der Waals surface area contributed by atoms with Crippen LogP contribution < -0.4 is 5.43 Å². The smallest absolute Gasteiger partial charge is 0.335 e. The van der Waals surface area contributed by atoms with Crippen molar-refractivity contribution in [2.75, 3.05) is 19.6 Å². The highest BCUT2D eigenvalue weighted by Crippen LogP contribution is 2.16. The number of aromatic carboxylic acids is 2. The first kappa shape index (κ1) is 19.6. The van der Waals surface area contributed by atoms with Gasteiger partial charge >= 0.3 is 23.9 Å². The molecular weight excluding hydrogens is 336 g/mol. The van der Waals surface area contributed by atoms with Crippen molar-refractivity contribution in [1.29, 1.82) is 0 Å². The van der Waals surface area contributed by atoms with Crippen LogP contribution in [-0.4, -0.2) is 54.0 Å². The van der Waals surface area contributed by atoms with Crippen molar-refractivity contribution in [3.05, 3.63) is 29.3 Å². The first-order valence-electron chi connectivity index (χ1n) is 6.83. The van der Waals surface area contributed by atoms with E-state index < -0.39 is 23.9 Å². The highest BCUT2D eigenvalue weighted by molar-refractivity contribution is 6.07. The quantitative estimate of drug-likeness (QED) is 0.353. The van der Waals surface area contributed by atoms with Gasteiger partial charge in [-0.3, -0.25) is 15.0 Å². The van der Waals surface area contributed by atoms with Crippen LogP contribution in [0, 0.1) is 0 Å². The monoisotopic (exact) mass is 352 g/mol. The van der Waals surface area contributed by atoms with Crippen molar-refractivity contribution in [3.8, 4) is 0 Å². The molecule has 10 heteroatoms. The molecule has 0 bridgehead atoms. The van der Waals surface area contributed by atoms with Crippen LogP contribution in [0.2, 0.25) is 0 Å². The minimum Gasteiger partial charge on any atom is -0.478 e. The molecule has 0 fully saturated rings. The number of benzene rings is 1. The summed E-state index contributed by atoms with van der Waals surface area (Å²) in [5, 5.41) is 21.9. The number of methoxy groups -OCH3 is 2. The molecule has 0 aliphatic heterocycles. The van der Waals surface area contributed by atoms with E-state index in [0.717, 1.165) is 18.2 Å². The van der Waals surface area contributed by atoms with Crippen LogP contribution in [-0.2, 0) is 19.1 Å². The van der Waals surface area contributed by atoms with E-state index in [1.54, 1.807) is 0 Å². The van der Waals surface area contributed by atoms with Gasteiger partial charge in [-0.15, -0.1) is 0 Å². The zero-order valence-electron chi connectivity index (χ0n) is 13.4. The summed E-state index contributed by atoms with van der Waals surface area (Å²) in [6, 6.07) is 3.31. The van der Waals surface area contributed by atoms with Crippen molar-refractivity contribution in [2.45, 2.75) is 12.8 Å². The zero-order valence-corrected chi connectivity index (χ0v) is 13.4. The Labute approximate surface area is 142 Å². The fraction of sp³-hybridized carbons (Fsp3) is 0.267. The van der Waals surface area contributed by atoms with Gasteiger partial charge in [-0.05, 0) is 18.2 Å². The number of carbonyl (C=O) groups is 4. The molecule has 0 unspecified atom stereocenters. The lowest BCUT2D eigenvalue weighted by molar-refractivity contribution is -0.139. The molecule has 0 saturated heterocycles. The standard InChI is InChI=1S/C15H16N2O8/c1-24-12(18)6-11(7-13(19)25-2)17-16-10-4-8(14(20)21)3-9(5-10)15(22)23/h3-5,16H,6-7H2,1-2H3,(H,20,21)(H,22,23). The second-order valence-corrected chi connectivity index (χ2v) is 4.70. The number of carboxylic acids is 2. The van der Waals surface area contributed by atoms with Crippen LogP contribution in [0.4, 0.5) is 5.69 Å². The summed E-state index contributed by atoms with van der Waals surface area (Å²) in [7, 11) is 2.34. The van der Waals surface area contributed by atoms with Gasteiger partial charge in [0.1, 0.15) is 0 Å². The SMILES string of the molecule is COC(=O)CC(CC(=O)OC)=NNc1cc(C(=O)O)cc(C(=O)O)c1. The number of nitrogens with one attached hydrogen (secondary N) is 1. The fourth-order valence-electron chi connectivity index (χ4n) is 1.70. The van der Waals surface area contributed by atoms with Crippen molar-refractivity contribution >= 4 is 35.3 Å². The molecule has 0 aromatic heterocycles. The van der Waals surface area contributed by atoms with Crippen molar-refractivity contribution in [3.63, 3.8) is 0 Å². The second kappa shape index (κ2) is 9.01. The van der Waals surface area contributed by atoms with E-state index in [2.05, 4.69) is 20.0 Å². The molecule has 10 nitrogen and oxygen atoms in total. The molecule has 134 valence electrons. The average molecular weight is 352 g/mol. The van der Waals surface area contributed by atoms with Crippen LogP contribution >= 0.6 is 0 Å². The number of hydrogen-bond donors (Lipinski definition) is 3. The molecule has 25 heavy (non-hydrogen) atoms. The van der Waals surface area contributed by atoms with E-state index >= 15 is 0 Å². The van der Waals surface area contributed by atoms with Gasteiger partial charge < -0.3 is 19.7 Å². The number of nitrogens with zero attached hydrogens (tertiary/aromatic N) is 1. The lowest BCUT2D eigenvalue weighted by atomic mass is 10.1. The Balaban J connectivity index is 3.11. The lowest BCUT2D eigenvalue weighted by Gasteiger charge is -2.08. The maximum atomic E-state index is 11.4. The predicted molar refractivity (Wildman–Crippen MR) is 84.7 cm³/mol. The minimum atomic E-state index is -1.32. The fourth-order valence-corrected chi connectivity index (χ4v) is 1.70. The average Bonchev–Trinajstić information content (AvgIpc) is 2.58. The lowest BCUT2D eigenvalue weighted by Crippen LogP contribution is -2.16. The van der Waals surface area contributed by atoms with Gasteiger partial charge in [0.15, 0.2) is 0 Å². The Hall–Kier alpha value is -3.43. The number of hydrogen-bond acceptors (Lipinski definition) is 8. The molecule has 1 aromatic rings. The van der Waals surface area contributed by atoms with Crippen LogP contribution in [0.3, 0.4) is 0 Å². The van der Waals surface area contributed by atoms with Gasteiger partial charge in [0.05, 0.1) is 49.6 Å². The molecule has 1 aromatic carbocycles. The van der Waals surface area contributed by atoms with Crippen LogP contribution in [0.15, 0.2) is 23.3 Å². The van der Waals surface area contributed by atoms with Gasteiger partial charge in [-0.2, -0.15) is 5.10 Å². The Morgan fingerprint density at radius 1 is 0.920 bits per heavy atom. The Kier molecular flexibility index (Phi) is 7.07. The summed E-state index contributed by atoms with van der Waals surface area (Å²) < 4.78 is 8.99. The van der Waals surface area contributed by atoms with E-state index in [0.29, 0.717) is 0 Å². The van der Waals surface area contributed by atoms with Gasteiger partial charge in [0.25, 0.3) is 0 Å². The number of anilines is 1. The molecule has 3 N–H and O–H groups in total. The molecular formula is C15H16N2O8. The predicted octanol–water partition coefficient (Wildman–Crippen LogP) is 0.977. The van der Waals surface area contributed by atoms with Gasteiger partial charge in [0, 0.05) is 0 Å². The molecule has 1 rings (SSSR count). The highest BCUT2D eigenvalue weighted by Gasteiger charge is 2.14. The summed E-state index contributed by atoms with van der Waals surface area (Å²) in [5.74, 6) is -3.93. The van der Waals surface area contributed by atoms with Crippen LogP contribution in [0.1, 0.15) is 33.6 Å². The molecule has 0 atom stereocenters. The number of hydrazone groups is 1. The van der Waals surface area contributed by atoms with Gasteiger partial charge in [0.2, 0.25) is 0 Å². The molecule has 0 heterocycles. The van der Waals surface area contributed by atoms with E-state index in [1.807, 2.05) is 0 Å². The normalized spacial score (nSPS) is 9.68. The van der Waals surface area contributed by atoms with Gasteiger partial charge in [-0.1, -0.05) is 0 Å². The molecule has 0 amide bonds. The third-order valence-electron chi connectivity index (χ3n) is 2.92. The summed E-state index contributed by atoms with van der Waals surface area (Å²) in [4.78, 5) is 44.8. The van der Waals surface area contributed by atoms with Crippen LogP contribution in [0.5, 0.6) is 0 Å². The Bertz CT molecular complexity index is 674. The summed E-state index contributed by atoms with van der Waals surface area (Å²) in [6.45, 7) is 0. The maximum absolute atomic E-state index is 11.4. The topological polar surface area (TPSA) is 152 Å². The van der Waals surface area contributed by atoms with Crippen molar-refractivity contribution < 1.29 is 38.9 Å². The number of rotatable bonds is 8. The van der Waals surface area contributed by atoms with E-state index in [9.17, 15) is 19.2 Å². The summed E-state index contributed by atoms with van der Waals surface area (Å²) in [6.07, 6.45) is -0.605.